The van der Waals surface area contributed by atoms with Crippen LogP contribution in [-0.2, 0) is 0 Å². The van der Waals surface area contributed by atoms with Crippen molar-refractivity contribution in [2.45, 2.75) is 12.0 Å². The van der Waals surface area contributed by atoms with E-state index in [1.165, 1.54) is 44.2 Å². The Kier molecular flexibility index (Phi) is 7.27. The van der Waals surface area contributed by atoms with Crippen LogP contribution in [0.1, 0.15) is 28.2 Å². The molecular formula is C51H33N3O. The highest BCUT2D eigenvalue weighted by Crippen LogP contribution is 2.52. The second-order valence-corrected chi connectivity index (χ2v) is 14.3. The summed E-state index contributed by atoms with van der Waals surface area (Å²) < 4.78 is 6.88. The van der Waals surface area contributed by atoms with Crippen molar-refractivity contribution in [3.63, 3.8) is 0 Å². The van der Waals surface area contributed by atoms with E-state index < -0.39 is 0 Å². The molecule has 0 fully saturated rings. The van der Waals surface area contributed by atoms with Gasteiger partial charge in [-0.25, -0.2) is 15.0 Å². The highest BCUT2D eigenvalue weighted by atomic mass is 16.5. The van der Waals surface area contributed by atoms with Crippen LogP contribution in [0.3, 0.4) is 0 Å². The minimum Gasteiger partial charge on any atom is -0.485 e. The van der Waals surface area contributed by atoms with Crippen LogP contribution in [0, 0.1) is 0 Å². The molecule has 2 heterocycles. The number of aromatic nitrogens is 3. The van der Waals surface area contributed by atoms with Gasteiger partial charge in [0.1, 0.15) is 11.9 Å². The van der Waals surface area contributed by atoms with Crippen LogP contribution < -0.4 is 4.74 Å². The monoisotopic (exact) mass is 703 g/mol. The van der Waals surface area contributed by atoms with Gasteiger partial charge in [0.25, 0.3) is 0 Å². The first-order valence-electron chi connectivity index (χ1n) is 18.7. The van der Waals surface area contributed by atoms with Crippen molar-refractivity contribution >= 4 is 27.1 Å². The lowest BCUT2D eigenvalue weighted by Crippen LogP contribution is -2.23. The van der Waals surface area contributed by atoms with Crippen LogP contribution in [0.5, 0.6) is 5.75 Å². The summed E-state index contributed by atoms with van der Waals surface area (Å²) >= 11 is 0. The van der Waals surface area contributed by atoms with Gasteiger partial charge in [0, 0.05) is 22.3 Å². The molecule has 0 radical (unpaired) electrons. The van der Waals surface area contributed by atoms with Crippen molar-refractivity contribution in [3.8, 4) is 51.0 Å². The van der Waals surface area contributed by atoms with E-state index in [4.69, 9.17) is 19.7 Å². The third-order valence-corrected chi connectivity index (χ3v) is 11.1. The van der Waals surface area contributed by atoms with Crippen molar-refractivity contribution in [3.05, 3.63) is 210 Å². The molecule has 1 aliphatic heterocycles. The number of fused-ring (bicyclic) bond motifs is 7. The lowest BCUT2D eigenvalue weighted by molar-refractivity contribution is 0.266. The van der Waals surface area contributed by atoms with Crippen LogP contribution in [0.25, 0.3) is 72.4 Å². The molecule has 11 rings (SSSR count). The van der Waals surface area contributed by atoms with Gasteiger partial charge in [0.15, 0.2) is 17.5 Å². The van der Waals surface area contributed by atoms with Crippen LogP contribution >= 0.6 is 0 Å². The van der Waals surface area contributed by atoms with Crippen LogP contribution in [-0.4, -0.2) is 21.1 Å². The molecule has 0 saturated heterocycles. The molecule has 0 saturated carbocycles. The standard InChI is InChI=1S/C51H33N3O/c1-2-12-32(13-3-1)37-18-10-19-38(28-37)44-31-46-47(42-21-9-8-20-41(42)44)48-43(22-11-23-45(48)55-46)51-53-49(39-26-24-33-14-4-6-16-35(33)29-39)52-50(54-51)40-27-25-34-15-5-7-17-36(34)30-40/h1-31,46-47H. The summed E-state index contributed by atoms with van der Waals surface area (Å²) in [7, 11) is 0. The third kappa shape index (κ3) is 5.42. The molecule has 2 unspecified atom stereocenters. The van der Waals surface area contributed by atoms with Crippen LogP contribution in [0.4, 0.5) is 0 Å². The number of hydrogen-bond acceptors (Lipinski definition) is 4. The molecule has 0 amide bonds. The summed E-state index contributed by atoms with van der Waals surface area (Å²) in [4.78, 5) is 15.6. The zero-order valence-electron chi connectivity index (χ0n) is 29.8. The first-order chi connectivity index (χ1) is 27.2. The molecular weight excluding hydrogens is 671 g/mol. The zero-order valence-corrected chi connectivity index (χ0v) is 29.8. The Morgan fingerprint density at radius 2 is 0.945 bits per heavy atom. The van der Waals surface area contributed by atoms with Gasteiger partial charge in [-0.15, -0.1) is 0 Å². The molecule has 1 aromatic heterocycles. The molecule has 0 spiro atoms. The molecule has 4 heteroatoms. The minimum atomic E-state index is -0.191. The van der Waals surface area contributed by atoms with Gasteiger partial charge in [-0.3, -0.25) is 0 Å². The SMILES string of the molecule is C1=C(c2cccc(-c3ccccc3)c2)c2ccccc2C2c3c(cccc3-c3nc(-c4ccc5ccccc5c4)nc(-c4ccc5ccccc5c4)n3)OC12. The van der Waals surface area contributed by atoms with E-state index in [2.05, 4.69) is 188 Å². The van der Waals surface area contributed by atoms with Crippen molar-refractivity contribution in [2.75, 3.05) is 0 Å². The highest BCUT2D eigenvalue weighted by Gasteiger charge is 2.41. The first-order valence-corrected chi connectivity index (χ1v) is 18.7. The number of hydrogen-bond donors (Lipinski definition) is 0. The summed E-state index contributed by atoms with van der Waals surface area (Å²) in [5.74, 6) is 2.73. The lowest BCUT2D eigenvalue weighted by atomic mass is 9.75. The first kappa shape index (κ1) is 31.4. The number of benzene rings is 8. The summed E-state index contributed by atoms with van der Waals surface area (Å²) in [6, 6.07) is 64.0. The smallest absolute Gasteiger partial charge is 0.164 e. The molecule has 9 aromatic rings. The molecule has 258 valence electrons. The van der Waals surface area contributed by atoms with Gasteiger partial charge in [-0.1, -0.05) is 158 Å². The van der Waals surface area contributed by atoms with Crippen molar-refractivity contribution in [1.29, 1.82) is 0 Å². The summed E-state index contributed by atoms with van der Waals surface area (Å²) in [5.41, 5.74) is 11.1. The maximum absolute atomic E-state index is 6.88. The molecule has 2 atom stereocenters. The number of nitrogens with zero attached hydrogens (tertiary/aromatic N) is 3. The molecule has 2 aliphatic rings. The van der Waals surface area contributed by atoms with Gasteiger partial charge in [-0.2, -0.15) is 0 Å². The van der Waals surface area contributed by atoms with E-state index in [1.54, 1.807) is 0 Å². The summed E-state index contributed by atoms with van der Waals surface area (Å²) in [6.45, 7) is 0. The Hall–Kier alpha value is -7.17. The quantitative estimate of drug-likeness (QED) is 0.179. The fraction of sp³-hybridized carbons (Fsp3) is 0.0392. The molecule has 55 heavy (non-hydrogen) atoms. The van der Waals surface area contributed by atoms with Gasteiger partial charge >= 0.3 is 0 Å². The Bertz CT molecular complexity index is 2890. The summed E-state index contributed by atoms with van der Waals surface area (Å²) in [5, 5.41) is 4.63. The predicted octanol–water partition coefficient (Wildman–Crippen LogP) is 12.2. The van der Waals surface area contributed by atoms with Crippen LogP contribution in [0.2, 0.25) is 0 Å². The molecule has 0 N–H and O–H groups in total. The van der Waals surface area contributed by atoms with Crippen molar-refractivity contribution in [2.24, 2.45) is 0 Å². The Balaban J connectivity index is 1.07. The lowest BCUT2D eigenvalue weighted by Gasteiger charge is -2.28. The van der Waals surface area contributed by atoms with Gasteiger partial charge in [0.2, 0.25) is 0 Å². The van der Waals surface area contributed by atoms with E-state index in [9.17, 15) is 0 Å². The Morgan fingerprint density at radius 1 is 0.382 bits per heavy atom. The van der Waals surface area contributed by atoms with Crippen molar-refractivity contribution in [1.82, 2.24) is 15.0 Å². The van der Waals surface area contributed by atoms with Crippen LogP contribution in [0.15, 0.2) is 188 Å². The minimum absolute atomic E-state index is 0.0338. The maximum atomic E-state index is 6.88. The fourth-order valence-electron chi connectivity index (χ4n) is 8.43. The second-order valence-electron chi connectivity index (χ2n) is 14.3. The van der Waals surface area contributed by atoms with Gasteiger partial charge in [-0.05, 0) is 85.3 Å². The average Bonchev–Trinajstić information content (AvgIpc) is 3.65. The molecule has 1 aliphatic carbocycles. The zero-order chi connectivity index (χ0) is 36.3. The number of rotatable bonds is 5. The normalized spacial score (nSPS) is 15.5. The van der Waals surface area contributed by atoms with E-state index in [1.807, 2.05) is 0 Å². The van der Waals surface area contributed by atoms with E-state index in [0.29, 0.717) is 17.5 Å². The van der Waals surface area contributed by atoms with Crippen molar-refractivity contribution < 1.29 is 4.74 Å². The second kappa shape index (κ2) is 12.8. The van der Waals surface area contributed by atoms with E-state index >= 15 is 0 Å². The third-order valence-electron chi connectivity index (χ3n) is 11.1. The number of ether oxygens (including phenoxy) is 1. The fourth-order valence-corrected chi connectivity index (χ4v) is 8.43. The Labute approximate surface area is 319 Å². The highest BCUT2D eigenvalue weighted by molar-refractivity contribution is 5.90. The summed E-state index contributed by atoms with van der Waals surface area (Å²) in [6.07, 6.45) is 2.12. The average molecular weight is 704 g/mol. The molecule has 0 bridgehead atoms. The van der Waals surface area contributed by atoms with Gasteiger partial charge < -0.3 is 4.74 Å². The van der Waals surface area contributed by atoms with Gasteiger partial charge in [0.05, 0.1) is 5.92 Å². The van der Waals surface area contributed by atoms with E-state index in [0.717, 1.165) is 38.8 Å². The molecule has 8 aromatic carbocycles. The topological polar surface area (TPSA) is 47.9 Å². The largest absolute Gasteiger partial charge is 0.485 e. The molecule has 4 nitrogen and oxygen atoms in total. The maximum Gasteiger partial charge on any atom is 0.164 e. The van der Waals surface area contributed by atoms with E-state index in [-0.39, 0.29) is 12.0 Å². The predicted molar refractivity (Wildman–Crippen MR) is 223 cm³/mol. The Morgan fingerprint density at radius 3 is 1.67 bits per heavy atom.